The van der Waals surface area contributed by atoms with Gasteiger partial charge in [-0.05, 0) is 55.6 Å². The molecule has 1 amide bonds. The quantitative estimate of drug-likeness (QED) is 0.806. The molecule has 1 saturated heterocycles. The van der Waals surface area contributed by atoms with Crippen LogP contribution < -0.4 is 10.6 Å². The summed E-state index contributed by atoms with van der Waals surface area (Å²) in [6.07, 6.45) is 5.25. The van der Waals surface area contributed by atoms with Gasteiger partial charge in [0.1, 0.15) is 0 Å². The summed E-state index contributed by atoms with van der Waals surface area (Å²) in [5, 5.41) is 8.77. The highest BCUT2D eigenvalue weighted by molar-refractivity contribution is 7.10. The molecular formula is C17H28N2OS. The van der Waals surface area contributed by atoms with Crippen LogP contribution in [0.1, 0.15) is 56.9 Å². The molecule has 3 nitrogen and oxygen atoms in total. The lowest BCUT2D eigenvalue weighted by Crippen LogP contribution is -2.36. The van der Waals surface area contributed by atoms with Crippen LogP contribution in [-0.2, 0) is 4.79 Å². The third-order valence-electron chi connectivity index (χ3n) is 4.45. The van der Waals surface area contributed by atoms with Crippen LogP contribution in [0, 0.1) is 11.8 Å². The predicted molar refractivity (Wildman–Crippen MR) is 89.5 cm³/mol. The van der Waals surface area contributed by atoms with Crippen molar-refractivity contribution in [3.63, 3.8) is 0 Å². The van der Waals surface area contributed by atoms with Crippen molar-refractivity contribution in [1.82, 2.24) is 10.6 Å². The van der Waals surface area contributed by atoms with Gasteiger partial charge in [0.2, 0.25) is 5.91 Å². The van der Waals surface area contributed by atoms with Gasteiger partial charge in [0, 0.05) is 11.3 Å². The molecule has 3 unspecified atom stereocenters. The lowest BCUT2D eigenvalue weighted by atomic mass is 9.85. The van der Waals surface area contributed by atoms with E-state index in [2.05, 4.69) is 42.0 Å². The van der Waals surface area contributed by atoms with Gasteiger partial charge in [-0.3, -0.25) is 4.79 Å². The van der Waals surface area contributed by atoms with Crippen molar-refractivity contribution < 1.29 is 4.79 Å². The molecule has 1 aromatic heterocycles. The Balaban J connectivity index is 1.84. The molecule has 1 aliphatic heterocycles. The number of nitrogens with one attached hydrogen (secondary N) is 2. The SMILES string of the molecule is CCCC(NC(=O)CC(C)C1CCCNC1)c1cccs1. The summed E-state index contributed by atoms with van der Waals surface area (Å²) in [5.41, 5.74) is 0. The maximum atomic E-state index is 12.3. The summed E-state index contributed by atoms with van der Waals surface area (Å²) in [6.45, 7) is 6.59. The summed E-state index contributed by atoms with van der Waals surface area (Å²) in [4.78, 5) is 13.6. The Bertz CT molecular complexity index is 412. The number of carbonyl (C=O) groups is 1. The third-order valence-corrected chi connectivity index (χ3v) is 5.43. The van der Waals surface area contributed by atoms with E-state index >= 15 is 0 Å². The summed E-state index contributed by atoms with van der Waals surface area (Å²) in [6, 6.07) is 4.38. The molecule has 2 N–H and O–H groups in total. The average Bonchev–Trinajstić information content (AvgIpc) is 3.02. The summed E-state index contributed by atoms with van der Waals surface area (Å²) >= 11 is 1.74. The predicted octanol–water partition coefficient (Wildman–Crippen LogP) is 3.73. The maximum absolute atomic E-state index is 12.3. The molecule has 21 heavy (non-hydrogen) atoms. The van der Waals surface area contributed by atoms with Gasteiger partial charge in [0.15, 0.2) is 0 Å². The highest BCUT2D eigenvalue weighted by atomic mass is 32.1. The Kier molecular flexibility index (Phi) is 6.71. The molecule has 3 atom stereocenters. The second-order valence-corrected chi connectivity index (χ2v) is 7.19. The Labute approximate surface area is 132 Å². The van der Waals surface area contributed by atoms with Crippen LogP contribution in [0.2, 0.25) is 0 Å². The number of carbonyl (C=O) groups excluding carboxylic acids is 1. The first-order valence-corrected chi connectivity index (χ1v) is 9.12. The molecule has 0 saturated carbocycles. The highest BCUT2D eigenvalue weighted by Gasteiger charge is 2.23. The Morgan fingerprint density at radius 3 is 3.05 bits per heavy atom. The monoisotopic (exact) mass is 308 g/mol. The number of hydrogen-bond acceptors (Lipinski definition) is 3. The molecule has 2 rings (SSSR count). The Morgan fingerprint density at radius 2 is 2.43 bits per heavy atom. The molecule has 0 aliphatic carbocycles. The fraction of sp³-hybridized carbons (Fsp3) is 0.706. The van der Waals surface area contributed by atoms with Gasteiger partial charge in [-0.2, -0.15) is 0 Å². The summed E-state index contributed by atoms with van der Waals surface area (Å²) in [7, 11) is 0. The third kappa shape index (κ3) is 5.11. The van der Waals surface area contributed by atoms with Crippen LogP contribution in [-0.4, -0.2) is 19.0 Å². The van der Waals surface area contributed by atoms with Crippen molar-refractivity contribution in [3.8, 4) is 0 Å². The Morgan fingerprint density at radius 1 is 1.57 bits per heavy atom. The minimum Gasteiger partial charge on any atom is -0.348 e. The van der Waals surface area contributed by atoms with Gasteiger partial charge in [0.05, 0.1) is 6.04 Å². The van der Waals surface area contributed by atoms with Crippen molar-refractivity contribution in [2.24, 2.45) is 11.8 Å². The van der Waals surface area contributed by atoms with E-state index in [9.17, 15) is 4.79 Å². The minimum atomic E-state index is 0.194. The van der Waals surface area contributed by atoms with E-state index in [0.717, 1.165) is 25.9 Å². The van der Waals surface area contributed by atoms with Crippen molar-refractivity contribution in [2.75, 3.05) is 13.1 Å². The van der Waals surface area contributed by atoms with Gasteiger partial charge < -0.3 is 10.6 Å². The van der Waals surface area contributed by atoms with Crippen LogP contribution in [0.15, 0.2) is 17.5 Å². The Hall–Kier alpha value is -0.870. The van der Waals surface area contributed by atoms with Crippen LogP contribution in [0.5, 0.6) is 0 Å². The lowest BCUT2D eigenvalue weighted by molar-refractivity contribution is -0.123. The molecule has 1 aliphatic rings. The first-order chi connectivity index (χ1) is 10.2. The average molecular weight is 308 g/mol. The molecule has 4 heteroatoms. The van der Waals surface area contributed by atoms with Gasteiger partial charge in [-0.15, -0.1) is 11.3 Å². The van der Waals surface area contributed by atoms with Crippen LogP contribution in [0.3, 0.4) is 0 Å². The second-order valence-electron chi connectivity index (χ2n) is 6.21. The number of hydrogen-bond donors (Lipinski definition) is 2. The zero-order valence-corrected chi connectivity index (χ0v) is 14.0. The summed E-state index contributed by atoms with van der Waals surface area (Å²) < 4.78 is 0. The van der Waals surface area contributed by atoms with Crippen LogP contribution in [0.25, 0.3) is 0 Å². The van der Waals surface area contributed by atoms with Crippen LogP contribution >= 0.6 is 11.3 Å². The zero-order chi connectivity index (χ0) is 15.1. The van der Waals surface area contributed by atoms with Gasteiger partial charge in [0.25, 0.3) is 0 Å². The van der Waals surface area contributed by atoms with E-state index in [-0.39, 0.29) is 11.9 Å². The van der Waals surface area contributed by atoms with E-state index in [0.29, 0.717) is 18.3 Å². The molecule has 2 heterocycles. The smallest absolute Gasteiger partial charge is 0.220 e. The van der Waals surface area contributed by atoms with Crippen LogP contribution in [0.4, 0.5) is 0 Å². The zero-order valence-electron chi connectivity index (χ0n) is 13.2. The fourth-order valence-corrected chi connectivity index (χ4v) is 3.95. The fourth-order valence-electron chi connectivity index (χ4n) is 3.14. The van der Waals surface area contributed by atoms with Gasteiger partial charge >= 0.3 is 0 Å². The van der Waals surface area contributed by atoms with Crippen molar-refractivity contribution >= 4 is 17.2 Å². The van der Waals surface area contributed by atoms with E-state index in [4.69, 9.17) is 0 Å². The van der Waals surface area contributed by atoms with Gasteiger partial charge in [-0.25, -0.2) is 0 Å². The van der Waals surface area contributed by atoms with E-state index in [1.807, 2.05) is 0 Å². The van der Waals surface area contributed by atoms with E-state index < -0.39 is 0 Å². The van der Waals surface area contributed by atoms with E-state index in [1.54, 1.807) is 11.3 Å². The maximum Gasteiger partial charge on any atom is 0.220 e. The molecule has 1 fully saturated rings. The first kappa shape index (κ1) is 16.5. The molecule has 0 bridgehead atoms. The minimum absolute atomic E-state index is 0.194. The second kappa shape index (κ2) is 8.54. The normalized spacial score (nSPS) is 21.7. The number of rotatable bonds is 7. The highest BCUT2D eigenvalue weighted by Crippen LogP contribution is 2.25. The van der Waals surface area contributed by atoms with Gasteiger partial charge in [-0.1, -0.05) is 26.3 Å². The largest absolute Gasteiger partial charge is 0.348 e. The standard InChI is InChI=1S/C17H28N2OS/c1-3-6-15(16-8-5-10-21-16)19-17(20)11-13(2)14-7-4-9-18-12-14/h5,8,10,13-15,18H,3-4,6-7,9,11-12H2,1-2H3,(H,19,20). The number of piperidine rings is 1. The topological polar surface area (TPSA) is 41.1 Å². The van der Waals surface area contributed by atoms with Crippen molar-refractivity contribution in [1.29, 1.82) is 0 Å². The first-order valence-electron chi connectivity index (χ1n) is 8.24. The molecule has 0 radical (unpaired) electrons. The van der Waals surface area contributed by atoms with Crippen molar-refractivity contribution in [2.45, 2.75) is 52.0 Å². The lowest BCUT2D eigenvalue weighted by Gasteiger charge is -2.28. The molecule has 1 aromatic rings. The molecule has 118 valence electrons. The number of thiophene rings is 1. The molecular weight excluding hydrogens is 280 g/mol. The van der Waals surface area contributed by atoms with Crippen molar-refractivity contribution in [3.05, 3.63) is 22.4 Å². The molecule has 0 spiro atoms. The molecule has 0 aromatic carbocycles. The van der Waals surface area contributed by atoms with E-state index in [1.165, 1.54) is 17.7 Å². The number of amides is 1. The summed E-state index contributed by atoms with van der Waals surface area (Å²) in [5.74, 6) is 1.32.